The molecule has 0 spiro atoms. The number of nitrogens with zero attached hydrogens (tertiary/aromatic N) is 4. The number of imidazole rings is 1. The van der Waals surface area contributed by atoms with Gasteiger partial charge in [0.2, 0.25) is 0 Å². The first-order valence-corrected chi connectivity index (χ1v) is 9.71. The Kier molecular flexibility index (Phi) is 5.19. The van der Waals surface area contributed by atoms with E-state index in [9.17, 15) is 5.11 Å². The lowest BCUT2D eigenvalue weighted by atomic mass is 9.92. The SMILES string of the molecule is COc1nccc(-c2c(-c3ccc(P)cc3)ncn2C2CCC(O)CC2)n1. The van der Waals surface area contributed by atoms with Gasteiger partial charge in [0.15, 0.2) is 0 Å². The Labute approximate surface area is 160 Å². The number of hydrogen-bond donors (Lipinski definition) is 1. The van der Waals surface area contributed by atoms with Gasteiger partial charge in [-0.25, -0.2) is 9.97 Å². The van der Waals surface area contributed by atoms with Crippen LogP contribution in [0.1, 0.15) is 31.7 Å². The first kappa shape index (κ1) is 18.1. The van der Waals surface area contributed by atoms with E-state index in [1.807, 2.05) is 12.4 Å². The summed E-state index contributed by atoms with van der Waals surface area (Å²) in [6, 6.07) is 10.8. The molecule has 2 aromatic heterocycles. The fourth-order valence-electron chi connectivity index (χ4n) is 3.65. The van der Waals surface area contributed by atoms with Gasteiger partial charge in [-0.3, -0.25) is 0 Å². The van der Waals surface area contributed by atoms with Crippen LogP contribution >= 0.6 is 9.24 Å². The molecule has 27 heavy (non-hydrogen) atoms. The van der Waals surface area contributed by atoms with Crippen molar-refractivity contribution in [3.05, 3.63) is 42.9 Å². The van der Waals surface area contributed by atoms with Crippen molar-refractivity contribution in [1.82, 2.24) is 19.5 Å². The summed E-state index contributed by atoms with van der Waals surface area (Å²) < 4.78 is 7.43. The Morgan fingerprint density at radius 1 is 1.07 bits per heavy atom. The minimum Gasteiger partial charge on any atom is -0.467 e. The van der Waals surface area contributed by atoms with E-state index in [0.717, 1.165) is 53.6 Å². The van der Waals surface area contributed by atoms with Gasteiger partial charge >= 0.3 is 6.01 Å². The number of rotatable bonds is 4. The number of benzene rings is 1. The van der Waals surface area contributed by atoms with Crippen molar-refractivity contribution in [3.8, 4) is 28.7 Å². The van der Waals surface area contributed by atoms with Crippen molar-refractivity contribution in [2.24, 2.45) is 0 Å². The van der Waals surface area contributed by atoms with Gasteiger partial charge in [-0.2, -0.15) is 4.98 Å². The summed E-state index contributed by atoms with van der Waals surface area (Å²) in [6.45, 7) is 0. The summed E-state index contributed by atoms with van der Waals surface area (Å²) in [7, 11) is 4.27. The highest BCUT2D eigenvalue weighted by atomic mass is 31.0. The zero-order chi connectivity index (χ0) is 18.8. The van der Waals surface area contributed by atoms with Crippen LogP contribution in [-0.2, 0) is 0 Å². The molecule has 1 N–H and O–H groups in total. The van der Waals surface area contributed by atoms with Crippen LogP contribution in [0.2, 0.25) is 0 Å². The van der Waals surface area contributed by atoms with Crippen molar-refractivity contribution in [2.45, 2.75) is 37.8 Å². The number of ether oxygens (including phenoxy) is 1. The van der Waals surface area contributed by atoms with Gasteiger partial charge < -0.3 is 14.4 Å². The first-order chi connectivity index (χ1) is 13.2. The maximum absolute atomic E-state index is 9.87. The summed E-state index contributed by atoms with van der Waals surface area (Å²) in [6.07, 6.45) is 6.89. The van der Waals surface area contributed by atoms with Crippen LogP contribution in [0, 0.1) is 0 Å². The molecule has 1 aliphatic carbocycles. The van der Waals surface area contributed by atoms with E-state index in [1.165, 1.54) is 0 Å². The number of methoxy groups -OCH3 is 1. The Hall–Kier alpha value is -2.30. The molecule has 0 amide bonds. The second-order valence-corrected chi connectivity index (χ2v) is 7.53. The molecule has 0 saturated heterocycles. The fourth-order valence-corrected chi connectivity index (χ4v) is 3.84. The summed E-state index contributed by atoms with van der Waals surface area (Å²) in [5, 5.41) is 11.0. The molecule has 1 saturated carbocycles. The standard InChI is InChI=1S/C20H23N4O2P/c1-26-20-21-11-10-17(23-20)19-18(13-2-8-16(27)9-3-13)22-12-24(19)14-4-6-15(25)7-5-14/h2-3,8-12,14-15,25H,4-7,27H2,1H3. The monoisotopic (exact) mass is 382 g/mol. The lowest BCUT2D eigenvalue weighted by molar-refractivity contribution is 0.111. The minimum absolute atomic E-state index is 0.193. The summed E-state index contributed by atoms with van der Waals surface area (Å²) in [5.74, 6) is 0. The predicted molar refractivity (Wildman–Crippen MR) is 108 cm³/mol. The maximum Gasteiger partial charge on any atom is 0.316 e. The van der Waals surface area contributed by atoms with E-state index < -0.39 is 0 Å². The Bertz CT molecular complexity index is 918. The summed E-state index contributed by atoms with van der Waals surface area (Å²) in [5.41, 5.74) is 3.69. The predicted octanol–water partition coefficient (Wildman–Crippen LogP) is 2.99. The average molecular weight is 382 g/mol. The number of hydrogen-bond acceptors (Lipinski definition) is 5. The van der Waals surface area contributed by atoms with E-state index >= 15 is 0 Å². The van der Waals surface area contributed by atoms with Gasteiger partial charge in [0.25, 0.3) is 0 Å². The minimum atomic E-state index is -0.193. The zero-order valence-corrected chi connectivity index (χ0v) is 16.4. The van der Waals surface area contributed by atoms with E-state index in [4.69, 9.17) is 9.72 Å². The van der Waals surface area contributed by atoms with E-state index in [0.29, 0.717) is 12.1 Å². The van der Waals surface area contributed by atoms with Crippen molar-refractivity contribution >= 4 is 14.5 Å². The van der Waals surface area contributed by atoms with Crippen LogP contribution < -0.4 is 10.0 Å². The van der Waals surface area contributed by atoms with E-state index in [2.05, 4.69) is 48.0 Å². The second kappa shape index (κ2) is 7.75. The van der Waals surface area contributed by atoms with Crippen LogP contribution in [0.3, 0.4) is 0 Å². The molecule has 0 radical (unpaired) electrons. The van der Waals surface area contributed by atoms with Crippen molar-refractivity contribution < 1.29 is 9.84 Å². The first-order valence-electron chi connectivity index (χ1n) is 9.14. The van der Waals surface area contributed by atoms with Gasteiger partial charge in [0, 0.05) is 17.8 Å². The molecule has 1 aromatic carbocycles. The second-order valence-electron chi connectivity index (χ2n) is 6.86. The molecule has 4 rings (SSSR count). The molecule has 0 bridgehead atoms. The molecular formula is C20H23N4O2P. The van der Waals surface area contributed by atoms with Gasteiger partial charge in [-0.1, -0.05) is 24.3 Å². The topological polar surface area (TPSA) is 73.1 Å². The lowest BCUT2D eigenvalue weighted by Gasteiger charge is -2.28. The summed E-state index contributed by atoms with van der Waals surface area (Å²) in [4.78, 5) is 13.4. The molecule has 0 aliphatic heterocycles. The molecule has 2 heterocycles. The van der Waals surface area contributed by atoms with Crippen LogP contribution in [0.4, 0.5) is 0 Å². The molecule has 1 fully saturated rings. The zero-order valence-electron chi connectivity index (χ0n) is 15.2. The average Bonchev–Trinajstić information content (AvgIpc) is 3.14. The number of aromatic nitrogens is 4. The van der Waals surface area contributed by atoms with Crippen LogP contribution in [0.25, 0.3) is 22.6 Å². The van der Waals surface area contributed by atoms with Crippen molar-refractivity contribution in [3.63, 3.8) is 0 Å². The third-order valence-electron chi connectivity index (χ3n) is 5.10. The molecular weight excluding hydrogens is 359 g/mol. The smallest absolute Gasteiger partial charge is 0.316 e. The third kappa shape index (κ3) is 3.73. The number of aliphatic hydroxyl groups excluding tert-OH is 1. The van der Waals surface area contributed by atoms with Gasteiger partial charge in [-0.15, -0.1) is 9.24 Å². The highest BCUT2D eigenvalue weighted by Gasteiger charge is 2.26. The Balaban J connectivity index is 1.83. The van der Waals surface area contributed by atoms with E-state index in [1.54, 1.807) is 13.3 Å². The molecule has 1 aliphatic rings. The highest BCUT2D eigenvalue weighted by Crippen LogP contribution is 2.37. The van der Waals surface area contributed by atoms with Crippen molar-refractivity contribution in [1.29, 1.82) is 0 Å². The van der Waals surface area contributed by atoms with Gasteiger partial charge in [0.1, 0.15) is 0 Å². The normalized spacial score (nSPS) is 19.8. The Morgan fingerprint density at radius 2 is 1.81 bits per heavy atom. The van der Waals surface area contributed by atoms with Gasteiger partial charge in [0.05, 0.1) is 36.6 Å². The molecule has 3 aromatic rings. The highest BCUT2D eigenvalue weighted by molar-refractivity contribution is 7.27. The van der Waals surface area contributed by atoms with Crippen LogP contribution in [-0.4, -0.2) is 37.8 Å². The Morgan fingerprint density at radius 3 is 2.52 bits per heavy atom. The molecule has 6 nitrogen and oxygen atoms in total. The third-order valence-corrected chi connectivity index (χ3v) is 5.48. The molecule has 1 atom stereocenters. The maximum atomic E-state index is 9.87. The van der Waals surface area contributed by atoms with E-state index in [-0.39, 0.29) is 6.10 Å². The molecule has 140 valence electrons. The quantitative estimate of drug-likeness (QED) is 0.703. The van der Waals surface area contributed by atoms with Gasteiger partial charge in [-0.05, 0) is 37.1 Å². The molecule has 1 unspecified atom stereocenters. The molecule has 7 heteroatoms. The number of aliphatic hydroxyl groups is 1. The summed E-state index contributed by atoms with van der Waals surface area (Å²) >= 11 is 0. The van der Waals surface area contributed by atoms with Crippen LogP contribution in [0.5, 0.6) is 6.01 Å². The largest absolute Gasteiger partial charge is 0.467 e. The fraction of sp³-hybridized carbons (Fsp3) is 0.350. The lowest BCUT2D eigenvalue weighted by Crippen LogP contribution is -2.21. The van der Waals surface area contributed by atoms with Crippen LogP contribution in [0.15, 0.2) is 42.9 Å². The van der Waals surface area contributed by atoms with Crippen molar-refractivity contribution in [2.75, 3.05) is 7.11 Å².